The molecule has 0 bridgehead atoms. The molecule has 2 aliphatic heterocycles. The summed E-state index contributed by atoms with van der Waals surface area (Å²) in [5, 5.41) is 0. The molecule has 2 N–H and O–H groups in total. The number of carbonyl (C=O) groups excluding carboxylic acids is 2. The Balaban J connectivity index is 1.79. The highest BCUT2D eigenvalue weighted by molar-refractivity contribution is 6.22. The van der Waals surface area contributed by atoms with Crippen LogP contribution in [0.25, 0.3) is 0 Å². The van der Waals surface area contributed by atoms with E-state index in [0.717, 1.165) is 32.0 Å². The summed E-state index contributed by atoms with van der Waals surface area (Å²) in [6.45, 7) is 3.15. The molecule has 3 rings (SSSR count). The highest BCUT2D eigenvalue weighted by Gasteiger charge is 2.37. The molecule has 2 amide bonds. The molecule has 0 radical (unpaired) electrons. The Kier molecular flexibility index (Phi) is 3.42. The number of amides is 2. The number of ether oxygens (including phenoxy) is 1. The second-order valence-electron chi connectivity index (χ2n) is 4.99. The van der Waals surface area contributed by atoms with Crippen molar-refractivity contribution in [3.8, 4) is 0 Å². The van der Waals surface area contributed by atoms with Gasteiger partial charge in [-0.3, -0.25) is 9.59 Å². The van der Waals surface area contributed by atoms with Crippen molar-refractivity contribution in [1.29, 1.82) is 0 Å². The third kappa shape index (κ3) is 2.28. The van der Waals surface area contributed by atoms with Crippen LogP contribution in [0.3, 0.4) is 0 Å². The third-order valence-corrected chi connectivity index (χ3v) is 3.67. The number of imide groups is 1. The minimum Gasteiger partial charge on any atom is -0.378 e. The van der Waals surface area contributed by atoms with Crippen molar-refractivity contribution in [3.63, 3.8) is 0 Å². The van der Waals surface area contributed by atoms with Gasteiger partial charge in [0.05, 0.1) is 31.4 Å². The van der Waals surface area contributed by atoms with E-state index in [1.165, 1.54) is 4.90 Å². The van der Waals surface area contributed by atoms with Crippen molar-refractivity contribution in [2.24, 2.45) is 5.73 Å². The van der Waals surface area contributed by atoms with Crippen molar-refractivity contribution in [2.75, 3.05) is 36.1 Å². The van der Waals surface area contributed by atoms with Crippen LogP contribution in [-0.4, -0.2) is 44.2 Å². The van der Waals surface area contributed by atoms with E-state index < -0.39 is 6.04 Å². The van der Waals surface area contributed by atoms with E-state index in [-0.39, 0.29) is 18.2 Å². The minimum absolute atomic E-state index is 0.0873. The highest BCUT2D eigenvalue weighted by atomic mass is 16.5. The fourth-order valence-corrected chi connectivity index (χ4v) is 2.56. The van der Waals surface area contributed by atoms with Gasteiger partial charge in [0.15, 0.2) is 0 Å². The number of rotatable bonds is 2. The van der Waals surface area contributed by atoms with E-state index in [0.29, 0.717) is 5.69 Å². The van der Waals surface area contributed by atoms with Crippen molar-refractivity contribution in [1.82, 2.24) is 0 Å². The topological polar surface area (TPSA) is 75.9 Å². The summed E-state index contributed by atoms with van der Waals surface area (Å²) in [6.07, 6.45) is 0.0873. The Labute approximate surface area is 117 Å². The van der Waals surface area contributed by atoms with Crippen molar-refractivity contribution in [3.05, 3.63) is 24.3 Å². The first kappa shape index (κ1) is 13.1. The van der Waals surface area contributed by atoms with Gasteiger partial charge in [-0.15, -0.1) is 0 Å². The molecule has 0 unspecified atom stereocenters. The van der Waals surface area contributed by atoms with E-state index in [4.69, 9.17) is 10.5 Å². The van der Waals surface area contributed by atoms with Crippen LogP contribution in [0.15, 0.2) is 24.3 Å². The molecular weight excluding hydrogens is 258 g/mol. The number of anilines is 2. The van der Waals surface area contributed by atoms with Crippen LogP contribution in [0.2, 0.25) is 0 Å². The minimum atomic E-state index is -0.707. The Bertz CT molecular complexity index is 523. The highest BCUT2D eigenvalue weighted by Crippen LogP contribution is 2.25. The Morgan fingerprint density at radius 1 is 1.05 bits per heavy atom. The van der Waals surface area contributed by atoms with Crippen LogP contribution < -0.4 is 15.5 Å². The number of nitrogens with zero attached hydrogens (tertiary/aromatic N) is 2. The molecule has 6 heteroatoms. The van der Waals surface area contributed by atoms with Crippen LogP contribution in [0, 0.1) is 0 Å². The smallest absolute Gasteiger partial charge is 0.251 e. The normalized spacial score (nSPS) is 23.6. The van der Waals surface area contributed by atoms with Crippen LogP contribution in [0.1, 0.15) is 6.42 Å². The van der Waals surface area contributed by atoms with E-state index in [1.54, 1.807) is 12.1 Å². The van der Waals surface area contributed by atoms with Gasteiger partial charge in [0, 0.05) is 18.8 Å². The lowest BCUT2D eigenvalue weighted by atomic mass is 10.2. The molecule has 2 fully saturated rings. The molecular formula is C14H17N3O3. The monoisotopic (exact) mass is 275 g/mol. The van der Waals surface area contributed by atoms with E-state index >= 15 is 0 Å². The SMILES string of the molecule is N[C@H]1CC(=O)N(c2ccc(N3CCOCC3)cc2)C1=O. The first-order chi connectivity index (χ1) is 9.66. The predicted molar refractivity (Wildman–Crippen MR) is 74.6 cm³/mol. The third-order valence-electron chi connectivity index (χ3n) is 3.67. The van der Waals surface area contributed by atoms with E-state index in [2.05, 4.69) is 4.90 Å². The van der Waals surface area contributed by atoms with Gasteiger partial charge < -0.3 is 15.4 Å². The van der Waals surface area contributed by atoms with Crippen molar-refractivity contribution >= 4 is 23.2 Å². The summed E-state index contributed by atoms with van der Waals surface area (Å²) in [6, 6.07) is 6.72. The maximum absolute atomic E-state index is 11.9. The first-order valence-corrected chi connectivity index (χ1v) is 6.72. The van der Waals surface area contributed by atoms with E-state index in [1.807, 2.05) is 12.1 Å². The number of benzene rings is 1. The average molecular weight is 275 g/mol. The fraction of sp³-hybridized carbons (Fsp3) is 0.429. The number of nitrogens with two attached hydrogens (primary N) is 1. The number of morpholine rings is 1. The zero-order valence-electron chi connectivity index (χ0n) is 11.1. The standard InChI is InChI=1S/C14H17N3O3/c15-12-9-13(18)17(14(12)19)11-3-1-10(2-4-11)16-5-7-20-8-6-16/h1-4,12H,5-9,15H2/t12-/m0/s1. The van der Waals surface area contributed by atoms with Gasteiger partial charge in [0.25, 0.3) is 5.91 Å². The zero-order chi connectivity index (χ0) is 14.1. The quantitative estimate of drug-likeness (QED) is 0.776. The van der Waals surface area contributed by atoms with Crippen LogP contribution >= 0.6 is 0 Å². The Morgan fingerprint density at radius 3 is 2.20 bits per heavy atom. The summed E-state index contributed by atoms with van der Waals surface area (Å²) >= 11 is 0. The molecule has 2 heterocycles. The number of hydrogen-bond acceptors (Lipinski definition) is 5. The number of hydrogen-bond donors (Lipinski definition) is 1. The van der Waals surface area contributed by atoms with Crippen LogP contribution in [0.4, 0.5) is 11.4 Å². The van der Waals surface area contributed by atoms with Crippen LogP contribution in [-0.2, 0) is 14.3 Å². The van der Waals surface area contributed by atoms with Gasteiger partial charge in [0.1, 0.15) is 0 Å². The summed E-state index contributed by atoms with van der Waals surface area (Å²) in [5.74, 6) is -0.559. The van der Waals surface area contributed by atoms with Crippen molar-refractivity contribution < 1.29 is 14.3 Å². The molecule has 0 saturated carbocycles. The molecule has 0 spiro atoms. The molecule has 2 aliphatic rings. The van der Waals surface area contributed by atoms with Gasteiger partial charge in [-0.25, -0.2) is 4.90 Å². The summed E-state index contributed by atoms with van der Waals surface area (Å²) < 4.78 is 5.31. The van der Waals surface area contributed by atoms with Gasteiger partial charge in [0.2, 0.25) is 5.91 Å². The molecule has 1 atom stereocenters. The van der Waals surface area contributed by atoms with E-state index in [9.17, 15) is 9.59 Å². The molecule has 2 saturated heterocycles. The Hall–Kier alpha value is -1.92. The van der Waals surface area contributed by atoms with Gasteiger partial charge in [-0.2, -0.15) is 0 Å². The molecule has 0 aromatic heterocycles. The zero-order valence-corrected chi connectivity index (χ0v) is 11.1. The maximum atomic E-state index is 11.9. The lowest BCUT2D eigenvalue weighted by Gasteiger charge is -2.29. The molecule has 1 aromatic rings. The average Bonchev–Trinajstić information content (AvgIpc) is 2.73. The summed E-state index contributed by atoms with van der Waals surface area (Å²) in [5.41, 5.74) is 7.27. The van der Waals surface area contributed by atoms with Crippen molar-refractivity contribution in [2.45, 2.75) is 12.5 Å². The summed E-state index contributed by atoms with van der Waals surface area (Å²) in [4.78, 5) is 27.0. The largest absolute Gasteiger partial charge is 0.378 e. The predicted octanol–water partition coefficient (Wildman–Crippen LogP) is 0.114. The second kappa shape index (κ2) is 5.22. The van der Waals surface area contributed by atoms with Gasteiger partial charge in [-0.1, -0.05) is 0 Å². The molecule has 1 aromatic carbocycles. The van der Waals surface area contributed by atoms with Gasteiger partial charge in [-0.05, 0) is 24.3 Å². The molecule has 106 valence electrons. The Morgan fingerprint density at radius 2 is 1.65 bits per heavy atom. The number of carbonyl (C=O) groups is 2. The lowest BCUT2D eigenvalue weighted by Crippen LogP contribution is -2.36. The van der Waals surface area contributed by atoms with Gasteiger partial charge >= 0.3 is 0 Å². The molecule has 20 heavy (non-hydrogen) atoms. The maximum Gasteiger partial charge on any atom is 0.251 e. The molecule has 6 nitrogen and oxygen atoms in total. The van der Waals surface area contributed by atoms with Crippen LogP contribution in [0.5, 0.6) is 0 Å². The summed E-state index contributed by atoms with van der Waals surface area (Å²) in [7, 11) is 0. The fourth-order valence-electron chi connectivity index (χ4n) is 2.56. The lowest BCUT2D eigenvalue weighted by molar-refractivity contribution is -0.121. The molecule has 0 aliphatic carbocycles. The first-order valence-electron chi connectivity index (χ1n) is 6.72. The second-order valence-corrected chi connectivity index (χ2v) is 4.99.